The average Bonchev–Trinajstić information content (AvgIpc) is 1.90. The van der Waals surface area contributed by atoms with E-state index in [4.69, 9.17) is 0 Å². The summed E-state index contributed by atoms with van der Waals surface area (Å²) in [7, 11) is 0. The zero-order valence-electron chi connectivity index (χ0n) is 4.97. The lowest BCUT2D eigenvalue weighted by molar-refractivity contribution is 1.46. The third kappa shape index (κ3) is 3.11. The second-order valence-electron chi connectivity index (χ2n) is 1.62. The third-order valence-electron chi connectivity index (χ3n) is 0.997. The van der Waals surface area contributed by atoms with Crippen LogP contribution in [-0.2, 0) is 4.43 Å². The fourth-order valence-electron chi connectivity index (χ4n) is 0.567. The van der Waals surface area contributed by atoms with Gasteiger partial charge in [0.1, 0.15) is 0 Å². The Bertz CT molecular complexity index is 150. The smallest absolute Gasteiger partial charge is 0.0247 e. The van der Waals surface area contributed by atoms with Crippen LogP contribution in [0, 0.1) is 0 Å². The molecule has 0 aromatic heterocycles. The van der Waals surface area contributed by atoms with Gasteiger partial charge in [0.15, 0.2) is 0 Å². The molecule has 0 radical (unpaired) electrons. The van der Waals surface area contributed by atoms with Crippen molar-refractivity contribution >= 4 is 36.1 Å². The van der Waals surface area contributed by atoms with E-state index in [2.05, 4.69) is 46.9 Å². The Morgan fingerprint density at radius 2 is 1.67 bits per heavy atom. The second-order valence-corrected chi connectivity index (χ2v) is 2.38. The maximum Gasteiger partial charge on any atom is 0.0247 e. The normalized spacial score (nSPS) is 8.11. The molecule has 2 heteroatoms. The highest BCUT2D eigenvalue weighted by molar-refractivity contribution is 14.1. The molecule has 50 valence electrons. The van der Waals surface area contributed by atoms with Gasteiger partial charge >= 0.3 is 0 Å². The van der Waals surface area contributed by atoms with Crippen LogP contribution in [0.5, 0.6) is 0 Å². The van der Waals surface area contributed by atoms with Crippen molar-refractivity contribution in [2.75, 3.05) is 0 Å². The van der Waals surface area contributed by atoms with Crippen molar-refractivity contribution in [3.63, 3.8) is 0 Å². The first-order chi connectivity index (χ1) is 3.93. The molecule has 0 saturated heterocycles. The monoisotopic (exact) mass is 252 g/mol. The molecule has 0 nitrogen and oxygen atoms in total. The standard InChI is InChI=1S/C7H7I.H2S/c8-6-7-4-2-1-3-5-7;/h1-5H,6H2;1H2. The van der Waals surface area contributed by atoms with Crippen molar-refractivity contribution in [2.45, 2.75) is 4.43 Å². The van der Waals surface area contributed by atoms with Crippen molar-refractivity contribution in [1.29, 1.82) is 0 Å². The van der Waals surface area contributed by atoms with Gasteiger partial charge in [-0.25, -0.2) is 0 Å². The predicted molar refractivity (Wildman–Crippen MR) is 54.5 cm³/mol. The zero-order chi connectivity index (χ0) is 5.82. The summed E-state index contributed by atoms with van der Waals surface area (Å²) < 4.78 is 1.11. The van der Waals surface area contributed by atoms with Crippen LogP contribution in [-0.4, -0.2) is 0 Å². The number of benzene rings is 1. The molecule has 1 aromatic rings. The molecule has 0 spiro atoms. The minimum Gasteiger partial charge on any atom is -0.197 e. The van der Waals surface area contributed by atoms with Gasteiger partial charge in [-0.1, -0.05) is 52.9 Å². The first kappa shape index (κ1) is 9.30. The Balaban J connectivity index is 0.000000640. The lowest BCUT2D eigenvalue weighted by Crippen LogP contribution is -1.70. The van der Waals surface area contributed by atoms with Gasteiger partial charge in [-0.15, -0.1) is 0 Å². The number of hydrogen-bond donors (Lipinski definition) is 0. The summed E-state index contributed by atoms with van der Waals surface area (Å²) in [6.45, 7) is 0. The highest BCUT2D eigenvalue weighted by atomic mass is 127. The molecule has 0 N–H and O–H groups in total. The number of hydrogen-bond acceptors (Lipinski definition) is 0. The molecule has 0 aliphatic carbocycles. The Morgan fingerprint density at radius 1 is 1.11 bits per heavy atom. The Kier molecular flexibility index (Phi) is 5.28. The van der Waals surface area contributed by atoms with Crippen LogP contribution >= 0.6 is 36.1 Å². The van der Waals surface area contributed by atoms with Gasteiger partial charge in [-0.3, -0.25) is 0 Å². The van der Waals surface area contributed by atoms with E-state index in [-0.39, 0.29) is 13.5 Å². The van der Waals surface area contributed by atoms with Crippen molar-refractivity contribution in [1.82, 2.24) is 0 Å². The number of halogens is 1. The molecule has 0 heterocycles. The van der Waals surface area contributed by atoms with E-state index in [9.17, 15) is 0 Å². The summed E-state index contributed by atoms with van der Waals surface area (Å²) in [6, 6.07) is 10.4. The fourth-order valence-corrected chi connectivity index (χ4v) is 1.08. The lowest BCUT2D eigenvalue weighted by atomic mass is 10.2. The molecule has 1 rings (SSSR count). The van der Waals surface area contributed by atoms with Gasteiger partial charge in [0.25, 0.3) is 0 Å². The van der Waals surface area contributed by atoms with Crippen LogP contribution in [0.4, 0.5) is 0 Å². The SMILES string of the molecule is ICc1ccccc1.S. The predicted octanol–water partition coefficient (Wildman–Crippen LogP) is 2.73. The summed E-state index contributed by atoms with van der Waals surface area (Å²) >= 11 is 2.35. The van der Waals surface area contributed by atoms with Crippen molar-refractivity contribution in [2.24, 2.45) is 0 Å². The highest BCUT2D eigenvalue weighted by Crippen LogP contribution is 2.02. The molecule has 0 aliphatic heterocycles. The molecule has 1 aromatic carbocycles. The molecular formula is C7H9IS. The third-order valence-corrected chi connectivity index (χ3v) is 1.88. The van der Waals surface area contributed by atoms with Crippen molar-refractivity contribution < 1.29 is 0 Å². The summed E-state index contributed by atoms with van der Waals surface area (Å²) in [5.74, 6) is 0. The summed E-state index contributed by atoms with van der Waals surface area (Å²) in [5, 5.41) is 0. The Morgan fingerprint density at radius 3 is 2.00 bits per heavy atom. The van der Waals surface area contributed by atoms with Crippen LogP contribution < -0.4 is 0 Å². The van der Waals surface area contributed by atoms with Gasteiger partial charge in [0, 0.05) is 4.43 Å². The van der Waals surface area contributed by atoms with E-state index in [1.165, 1.54) is 5.56 Å². The van der Waals surface area contributed by atoms with Crippen LogP contribution in [0.15, 0.2) is 30.3 Å². The molecule has 0 bridgehead atoms. The summed E-state index contributed by atoms with van der Waals surface area (Å²) in [4.78, 5) is 0. The van der Waals surface area contributed by atoms with Gasteiger partial charge in [-0.05, 0) is 5.56 Å². The molecule has 0 amide bonds. The number of alkyl halides is 1. The van der Waals surface area contributed by atoms with E-state index in [1.54, 1.807) is 0 Å². The van der Waals surface area contributed by atoms with Gasteiger partial charge < -0.3 is 0 Å². The van der Waals surface area contributed by atoms with E-state index in [1.807, 2.05) is 6.07 Å². The zero-order valence-corrected chi connectivity index (χ0v) is 8.13. The average molecular weight is 252 g/mol. The maximum absolute atomic E-state index is 2.35. The minimum absolute atomic E-state index is 0. The molecule has 0 saturated carbocycles. The lowest BCUT2D eigenvalue weighted by Gasteiger charge is -1.88. The van der Waals surface area contributed by atoms with Crippen LogP contribution in [0.3, 0.4) is 0 Å². The van der Waals surface area contributed by atoms with E-state index >= 15 is 0 Å². The van der Waals surface area contributed by atoms with Crippen LogP contribution in [0.2, 0.25) is 0 Å². The molecule has 0 fully saturated rings. The number of rotatable bonds is 1. The van der Waals surface area contributed by atoms with Crippen molar-refractivity contribution in [3.8, 4) is 0 Å². The first-order valence-corrected chi connectivity index (χ1v) is 4.06. The highest BCUT2D eigenvalue weighted by Gasteiger charge is 1.81. The first-order valence-electron chi connectivity index (χ1n) is 2.53. The van der Waals surface area contributed by atoms with Crippen LogP contribution in [0.25, 0.3) is 0 Å². The van der Waals surface area contributed by atoms with E-state index in [0.717, 1.165) is 4.43 Å². The summed E-state index contributed by atoms with van der Waals surface area (Å²) in [6.07, 6.45) is 0. The largest absolute Gasteiger partial charge is 0.197 e. The Labute approximate surface area is 76.3 Å². The molecule has 0 aliphatic rings. The minimum atomic E-state index is 0. The molecule has 9 heavy (non-hydrogen) atoms. The quantitative estimate of drug-likeness (QED) is 0.532. The molecular weight excluding hydrogens is 243 g/mol. The van der Waals surface area contributed by atoms with Gasteiger partial charge in [0.2, 0.25) is 0 Å². The topological polar surface area (TPSA) is 0 Å². The van der Waals surface area contributed by atoms with Gasteiger partial charge in [0.05, 0.1) is 0 Å². The summed E-state index contributed by atoms with van der Waals surface area (Å²) in [5.41, 5.74) is 1.40. The second kappa shape index (κ2) is 5.11. The van der Waals surface area contributed by atoms with Gasteiger partial charge in [-0.2, -0.15) is 13.5 Å². The fraction of sp³-hybridized carbons (Fsp3) is 0.143. The van der Waals surface area contributed by atoms with E-state index < -0.39 is 0 Å². The van der Waals surface area contributed by atoms with Crippen molar-refractivity contribution in [3.05, 3.63) is 35.9 Å². The Hall–Kier alpha value is 0.300. The maximum atomic E-state index is 2.35. The van der Waals surface area contributed by atoms with Crippen LogP contribution in [0.1, 0.15) is 5.56 Å². The van der Waals surface area contributed by atoms with E-state index in [0.29, 0.717) is 0 Å². The molecule has 0 atom stereocenters. The molecule has 0 unspecified atom stereocenters.